The van der Waals surface area contributed by atoms with Crippen LogP contribution in [0.2, 0.25) is 0 Å². The summed E-state index contributed by atoms with van der Waals surface area (Å²) in [6.07, 6.45) is 11.6. The Morgan fingerprint density at radius 3 is 2.10 bits per heavy atom. The first-order valence-electron chi connectivity index (χ1n) is 14.4. The van der Waals surface area contributed by atoms with Crippen LogP contribution in [0.15, 0.2) is 18.3 Å². The molecule has 2 aromatic rings. The Bertz CT molecular complexity index is 1010. The first-order chi connectivity index (χ1) is 18.7. The summed E-state index contributed by atoms with van der Waals surface area (Å²) in [6, 6.07) is 4.05. The number of imidazole rings is 1. The summed E-state index contributed by atoms with van der Waals surface area (Å²) in [7, 11) is 0. The molecule has 0 spiro atoms. The zero-order valence-electron chi connectivity index (χ0n) is 24.2. The van der Waals surface area contributed by atoms with E-state index in [1.54, 1.807) is 0 Å². The number of nitrogens with zero attached hydrogens (tertiary/aromatic N) is 4. The zero-order chi connectivity index (χ0) is 28.8. The number of carboxylic acid groups (broad SMARTS) is 2. The minimum atomic E-state index is -0.250. The van der Waals surface area contributed by atoms with E-state index >= 15 is 0 Å². The van der Waals surface area contributed by atoms with Crippen LogP contribution >= 0.6 is 0 Å². The molecule has 2 fully saturated rings. The van der Waals surface area contributed by atoms with Gasteiger partial charge in [-0.2, -0.15) is 0 Å². The minimum absolute atomic E-state index is 0.169. The van der Waals surface area contributed by atoms with Crippen LogP contribution in [0.4, 0.5) is 0 Å². The monoisotopic (exact) mass is 544 g/mol. The molecule has 218 valence electrons. The Morgan fingerprint density at radius 2 is 1.59 bits per heavy atom. The van der Waals surface area contributed by atoms with Crippen molar-refractivity contribution in [2.24, 2.45) is 11.8 Å². The van der Waals surface area contributed by atoms with E-state index in [0.29, 0.717) is 17.8 Å². The predicted molar refractivity (Wildman–Crippen MR) is 153 cm³/mol. The Hall–Kier alpha value is -2.94. The average Bonchev–Trinajstić information content (AvgIpc) is 3.48. The normalized spacial score (nSPS) is 15.0. The summed E-state index contributed by atoms with van der Waals surface area (Å²) in [5.74, 6) is 1.99. The number of hydrogen-bond acceptors (Lipinski definition) is 5. The summed E-state index contributed by atoms with van der Waals surface area (Å²) in [5.41, 5.74) is 4.44. The molecular formula is C30H48N4O5. The first kappa shape index (κ1) is 32.3. The lowest BCUT2D eigenvalue weighted by molar-refractivity contribution is -0.123. The maximum atomic E-state index is 13.6. The first-order valence-corrected chi connectivity index (χ1v) is 14.4. The van der Waals surface area contributed by atoms with E-state index in [1.807, 2.05) is 6.07 Å². The van der Waals surface area contributed by atoms with Crippen molar-refractivity contribution in [1.82, 2.24) is 19.2 Å². The van der Waals surface area contributed by atoms with Gasteiger partial charge in [-0.3, -0.25) is 14.4 Å². The predicted octanol–water partition coefficient (Wildman–Crippen LogP) is 5.18. The summed E-state index contributed by atoms with van der Waals surface area (Å²) in [4.78, 5) is 40.0. The largest absolute Gasteiger partial charge is 0.483 e. The number of aryl methyl sites for hydroxylation is 1. The third-order valence-electron chi connectivity index (χ3n) is 7.29. The number of carbonyl (C=O) groups is 3. The molecule has 1 saturated carbocycles. The Morgan fingerprint density at radius 1 is 1.03 bits per heavy atom. The third kappa shape index (κ3) is 10.6. The van der Waals surface area contributed by atoms with Gasteiger partial charge in [0, 0.05) is 30.9 Å². The molecule has 2 aliphatic rings. The summed E-state index contributed by atoms with van der Waals surface area (Å²) in [5, 5.41) is 13.8. The van der Waals surface area contributed by atoms with Crippen LogP contribution in [-0.2, 0) is 16.0 Å². The maximum Gasteiger partial charge on any atom is 0.290 e. The maximum absolute atomic E-state index is 13.6. The number of hydrogen-bond donors (Lipinski definition) is 2. The second-order valence-corrected chi connectivity index (χ2v) is 11.4. The van der Waals surface area contributed by atoms with Gasteiger partial charge in [0.1, 0.15) is 5.65 Å². The fourth-order valence-corrected chi connectivity index (χ4v) is 4.97. The van der Waals surface area contributed by atoms with Crippen LogP contribution in [0.1, 0.15) is 100 Å². The third-order valence-corrected chi connectivity index (χ3v) is 7.29. The number of likely N-dealkylation sites (tertiary alicyclic amines) is 1. The van der Waals surface area contributed by atoms with Crippen LogP contribution in [0.5, 0.6) is 0 Å². The standard InChI is InChI=1S/C28H44N4O.2CH2O2/c1-21(2)13-18-31(19-14-22(3)4)28(33)24-11-12-26-29-27(23-9-10-23)25(32(26)20-24)8-7-17-30-15-5-6-16-30;2*2-1-3/h11-12,20-23H,5-10,13-19H2,1-4H3;2*1H,(H,2,3). The van der Waals surface area contributed by atoms with Gasteiger partial charge < -0.3 is 24.4 Å². The Kier molecular flexibility index (Phi) is 14.0. The van der Waals surface area contributed by atoms with Gasteiger partial charge in [0.2, 0.25) is 0 Å². The van der Waals surface area contributed by atoms with Crippen molar-refractivity contribution in [3.8, 4) is 0 Å². The Labute approximate surface area is 233 Å². The molecule has 1 amide bonds. The molecule has 1 aliphatic carbocycles. The van der Waals surface area contributed by atoms with Gasteiger partial charge in [0.25, 0.3) is 18.9 Å². The lowest BCUT2D eigenvalue weighted by atomic mass is 10.1. The van der Waals surface area contributed by atoms with Crippen LogP contribution in [-0.4, -0.2) is 81.0 Å². The van der Waals surface area contributed by atoms with Crippen molar-refractivity contribution < 1.29 is 24.6 Å². The molecule has 4 rings (SSSR count). The lowest BCUT2D eigenvalue weighted by Crippen LogP contribution is -2.34. The summed E-state index contributed by atoms with van der Waals surface area (Å²) in [6.45, 7) is 13.8. The molecule has 0 aromatic carbocycles. The zero-order valence-corrected chi connectivity index (χ0v) is 24.2. The highest BCUT2D eigenvalue weighted by Gasteiger charge is 2.30. The summed E-state index contributed by atoms with van der Waals surface area (Å²) < 4.78 is 2.24. The fourth-order valence-electron chi connectivity index (χ4n) is 4.97. The molecule has 39 heavy (non-hydrogen) atoms. The fraction of sp³-hybridized carbons (Fsp3) is 0.667. The van der Waals surface area contributed by atoms with Crippen molar-refractivity contribution in [3.05, 3.63) is 35.3 Å². The van der Waals surface area contributed by atoms with Gasteiger partial charge in [-0.05, 0) is 95.0 Å². The molecular weight excluding hydrogens is 496 g/mol. The van der Waals surface area contributed by atoms with Crippen molar-refractivity contribution in [2.45, 2.75) is 85.0 Å². The second-order valence-electron chi connectivity index (χ2n) is 11.4. The van der Waals surface area contributed by atoms with Crippen LogP contribution in [0.25, 0.3) is 5.65 Å². The highest BCUT2D eigenvalue weighted by Crippen LogP contribution is 2.41. The molecule has 1 aliphatic heterocycles. The molecule has 3 heterocycles. The van der Waals surface area contributed by atoms with Crippen molar-refractivity contribution >= 4 is 24.5 Å². The highest BCUT2D eigenvalue weighted by atomic mass is 16.3. The molecule has 2 aromatic heterocycles. The number of aromatic nitrogens is 2. The number of amides is 1. The smallest absolute Gasteiger partial charge is 0.290 e. The van der Waals surface area contributed by atoms with E-state index in [1.165, 1.54) is 63.1 Å². The molecule has 9 nitrogen and oxygen atoms in total. The van der Waals surface area contributed by atoms with E-state index in [4.69, 9.17) is 24.8 Å². The van der Waals surface area contributed by atoms with Crippen molar-refractivity contribution in [3.63, 3.8) is 0 Å². The molecule has 0 bridgehead atoms. The molecule has 2 N–H and O–H groups in total. The molecule has 0 radical (unpaired) electrons. The average molecular weight is 545 g/mol. The Balaban J connectivity index is 0.000000815. The number of rotatable bonds is 12. The molecule has 0 atom stereocenters. The quantitative estimate of drug-likeness (QED) is 0.354. The lowest BCUT2D eigenvalue weighted by Gasteiger charge is -2.24. The molecule has 1 saturated heterocycles. The van der Waals surface area contributed by atoms with Gasteiger partial charge in [-0.15, -0.1) is 0 Å². The second kappa shape index (κ2) is 16.9. The molecule has 0 unspecified atom stereocenters. The number of fused-ring (bicyclic) bond motifs is 1. The van der Waals surface area contributed by atoms with E-state index in [-0.39, 0.29) is 18.9 Å². The number of carbonyl (C=O) groups excluding carboxylic acids is 1. The van der Waals surface area contributed by atoms with Gasteiger partial charge >= 0.3 is 0 Å². The number of pyridine rings is 1. The van der Waals surface area contributed by atoms with Crippen LogP contribution in [0.3, 0.4) is 0 Å². The van der Waals surface area contributed by atoms with Crippen LogP contribution < -0.4 is 0 Å². The van der Waals surface area contributed by atoms with E-state index in [2.05, 4.69) is 54.2 Å². The topological polar surface area (TPSA) is 115 Å². The minimum Gasteiger partial charge on any atom is -0.483 e. The van der Waals surface area contributed by atoms with Crippen LogP contribution in [0, 0.1) is 11.8 Å². The van der Waals surface area contributed by atoms with Gasteiger partial charge in [-0.1, -0.05) is 27.7 Å². The molecule has 9 heteroatoms. The van der Waals surface area contributed by atoms with Gasteiger partial charge in [-0.25, -0.2) is 4.98 Å². The van der Waals surface area contributed by atoms with Crippen molar-refractivity contribution in [1.29, 1.82) is 0 Å². The van der Waals surface area contributed by atoms with E-state index < -0.39 is 0 Å². The van der Waals surface area contributed by atoms with Crippen molar-refractivity contribution in [2.75, 3.05) is 32.7 Å². The van der Waals surface area contributed by atoms with Gasteiger partial charge in [0.05, 0.1) is 11.3 Å². The van der Waals surface area contributed by atoms with E-state index in [0.717, 1.165) is 43.6 Å². The van der Waals surface area contributed by atoms with Gasteiger partial charge in [0.15, 0.2) is 0 Å². The van der Waals surface area contributed by atoms with E-state index in [9.17, 15) is 4.79 Å². The SMILES string of the molecule is CC(C)CCN(CCC(C)C)C(=O)c1ccc2nc(C3CC3)c(CCCN3CCCC3)n2c1.O=CO.O=CO. The summed E-state index contributed by atoms with van der Waals surface area (Å²) >= 11 is 0. The highest BCUT2D eigenvalue weighted by molar-refractivity contribution is 5.94.